The van der Waals surface area contributed by atoms with Gasteiger partial charge in [-0.15, -0.1) is 0 Å². The minimum Gasteiger partial charge on any atom is -0.495 e. The number of amides is 2. The van der Waals surface area contributed by atoms with Crippen molar-refractivity contribution in [1.82, 2.24) is 9.78 Å². The standard InChI is InChI=1S/C20H16Cl2N4O3/c1-29-17-7-6-13(22)8-15(17)23-20(28)16-10-19(27)24-18-9-14(25-26(16)18)11-2-4-12(21)5-3-11/h2-9,16H,10H2,1H3,(H,23,28)(H,24,27)/t16-/m0/s1. The predicted molar refractivity (Wildman–Crippen MR) is 112 cm³/mol. The molecule has 2 aromatic carbocycles. The van der Waals surface area contributed by atoms with Crippen molar-refractivity contribution < 1.29 is 14.3 Å². The van der Waals surface area contributed by atoms with Crippen LogP contribution in [0.1, 0.15) is 12.5 Å². The van der Waals surface area contributed by atoms with E-state index in [0.29, 0.717) is 33.0 Å². The molecule has 9 heteroatoms. The number of ether oxygens (including phenoxy) is 1. The maximum absolute atomic E-state index is 13.0. The number of benzene rings is 2. The summed E-state index contributed by atoms with van der Waals surface area (Å²) in [6.07, 6.45) is -0.0382. The van der Waals surface area contributed by atoms with E-state index in [2.05, 4.69) is 15.7 Å². The maximum atomic E-state index is 13.0. The molecular weight excluding hydrogens is 415 g/mol. The van der Waals surface area contributed by atoms with Crippen LogP contribution in [0.4, 0.5) is 11.5 Å². The Labute approximate surface area is 176 Å². The lowest BCUT2D eigenvalue weighted by Crippen LogP contribution is -2.35. The molecule has 2 amide bonds. The third kappa shape index (κ3) is 3.92. The zero-order chi connectivity index (χ0) is 20.5. The van der Waals surface area contributed by atoms with Crippen LogP contribution in [-0.2, 0) is 9.59 Å². The second-order valence-electron chi connectivity index (χ2n) is 6.47. The molecule has 0 radical (unpaired) electrons. The van der Waals surface area contributed by atoms with Crippen LogP contribution < -0.4 is 15.4 Å². The van der Waals surface area contributed by atoms with Gasteiger partial charge in [0.25, 0.3) is 0 Å². The number of aromatic nitrogens is 2. The Hall–Kier alpha value is -3.03. The Bertz CT molecular complexity index is 1100. The highest BCUT2D eigenvalue weighted by Crippen LogP contribution is 2.32. The number of nitrogens with zero attached hydrogens (tertiary/aromatic N) is 2. The van der Waals surface area contributed by atoms with Crippen LogP contribution in [0.3, 0.4) is 0 Å². The Morgan fingerprint density at radius 2 is 1.90 bits per heavy atom. The summed E-state index contributed by atoms with van der Waals surface area (Å²) in [5.41, 5.74) is 1.86. The average molecular weight is 431 g/mol. The Morgan fingerprint density at radius 1 is 1.17 bits per heavy atom. The topological polar surface area (TPSA) is 85.2 Å². The van der Waals surface area contributed by atoms with Gasteiger partial charge in [-0.1, -0.05) is 35.3 Å². The number of carbonyl (C=O) groups excluding carboxylic acids is 2. The number of nitrogens with one attached hydrogen (secondary N) is 2. The van der Waals surface area contributed by atoms with Gasteiger partial charge in [-0.2, -0.15) is 5.10 Å². The van der Waals surface area contributed by atoms with Crippen LogP contribution in [-0.4, -0.2) is 28.7 Å². The third-order valence-electron chi connectivity index (χ3n) is 4.54. The summed E-state index contributed by atoms with van der Waals surface area (Å²) in [7, 11) is 1.50. The summed E-state index contributed by atoms with van der Waals surface area (Å²) in [4.78, 5) is 25.1. The van der Waals surface area contributed by atoms with E-state index in [1.165, 1.54) is 11.8 Å². The van der Waals surface area contributed by atoms with Gasteiger partial charge in [0.2, 0.25) is 11.8 Å². The molecule has 4 rings (SSSR count). The summed E-state index contributed by atoms with van der Waals surface area (Å²) in [5, 5.41) is 11.1. The summed E-state index contributed by atoms with van der Waals surface area (Å²) < 4.78 is 6.78. The van der Waals surface area contributed by atoms with Gasteiger partial charge in [0.15, 0.2) is 0 Å². The monoisotopic (exact) mass is 430 g/mol. The maximum Gasteiger partial charge on any atom is 0.249 e. The molecule has 0 saturated carbocycles. The lowest BCUT2D eigenvalue weighted by Gasteiger charge is -2.24. The van der Waals surface area contributed by atoms with Gasteiger partial charge in [0.1, 0.15) is 17.6 Å². The van der Waals surface area contributed by atoms with Crippen molar-refractivity contribution in [3.05, 3.63) is 58.6 Å². The number of hydrogen-bond donors (Lipinski definition) is 2. The summed E-state index contributed by atoms with van der Waals surface area (Å²) >= 11 is 12.0. The van der Waals surface area contributed by atoms with E-state index in [9.17, 15) is 9.59 Å². The van der Waals surface area contributed by atoms with E-state index in [1.54, 1.807) is 36.4 Å². The van der Waals surface area contributed by atoms with Gasteiger partial charge in [0.05, 0.1) is 24.9 Å². The molecule has 1 aromatic heterocycles. The van der Waals surface area contributed by atoms with Crippen molar-refractivity contribution in [2.45, 2.75) is 12.5 Å². The molecule has 1 aliphatic heterocycles. The smallest absolute Gasteiger partial charge is 0.249 e. The first-order chi connectivity index (χ1) is 13.9. The van der Waals surface area contributed by atoms with E-state index >= 15 is 0 Å². The van der Waals surface area contributed by atoms with Crippen molar-refractivity contribution in [3.63, 3.8) is 0 Å². The van der Waals surface area contributed by atoms with Crippen molar-refractivity contribution in [3.8, 4) is 17.0 Å². The van der Waals surface area contributed by atoms with Crippen molar-refractivity contribution in [1.29, 1.82) is 0 Å². The third-order valence-corrected chi connectivity index (χ3v) is 5.03. The molecule has 29 heavy (non-hydrogen) atoms. The van der Waals surface area contributed by atoms with Gasteiger partial charge >= 0.3 is 0 Å². The van der Waals surface area contributed by atoms with Gasteiger partial charge in [0, 0.05) is 21.7 Å². The molecule has 1 atom stereocenters. The molecule has 7 nitrogen and oxygen atoms in total. The second kappa shape index (κ2) is 7.77. The molecule has 0 aliphatic carbocycles. The molecule has 1 aliphatic rings. The first-order valence-corrected chi connectivity index (χ1v) is 9.50. The van der Waals surface area contributed by atoms with Crippen molar-refractivity contribution in [2.24, 2.45) is 0 Å². The normalized spacial score (nSPS) is 15.4. The molecule has 0 unspecified atom stereocenters. The van der Waals surface area contributed by atoms with Crippen LogP contribution >= 0.6 is 23.2 Å². The fourth-order valence-electron chi connectivity index (χ4n) is 3.14. The van der Waals surface area contributed by atoms with Gasteiger partial charge in [-0.25, -0.2) is 4.68 Å². The van der Waals surface area contributed by atoms with Gasteiger partial charge < -0.3 is 15.4 Å². The molecule has 2 heterocycles. The quantitative estimate of drug-likeness (QED) is 0.642. The molecule has 0 spiro atoms. The summed E-state index contributed by atoms with van der Waals surface area (Å²) in [6.45, 7) is 0. The fourth-order valence-corrected chi connectivity index (χ4v) is 3.44. The van der Waals surface area contributed by atoms with Crippen LogP contribution in [0.5, 0.6) is 5.75 Å². The Kier molecular flexibility index (Phi) is 5.17. The molecule has 0 bridgehead atoms. The number of hydrogen-bond acceptors (Lipinski definition) is 4. The van der Waals surface area contributed by atoms with E-state index in [-0.39, 0.29) is 12.3 Å². The van der Waals surface area contributed by atoms with Crippen LogP contribution in [0.25, 0.3) is 11.3 Å². The minimum absolute atomic E-state index is 0.0382. The zero-order valence-corrected chi connectivity index (χ0v) is 16.8. The van der Waals surface area contributed by atoms with Gasteiger partial charge in [-0.3, -0.25) is 9.59 Å². The fraction of sp³-hybridized carbons (Fsp3) is 0.150. The van der Waals surface area contributed by atoms with Crippen LogP contribution in [0.15, 0.2) is 48.5 Å². The number of carbonyl (C=O) groups is 2. The Morgan fingerprint density at radius 3 is 2.62 bits per heavy atom. The van der Waals surface area contributed by atoms with Gasteiger partial charge in [-0.05, 0) is 30.3 Å². The Balaban J connectivity index is 1.66. The predicted octanol–water partition coefficient (Wildman–Crippen LogP) is 4.39. The summed E-state index contributed by atoms with van der Waals surface area (Å²) in [6, 6.07) is 13.0. The lowest BCUT2D eigenvalue weighted by atomic mass is 10.1. The van der Waals surface area contributed by atoms with Crippen LogP contribution in [0.2, 0.25) is 10.0 Å². The van der Waals surface area contributed by atoms with E-state index in [0.717, 1.165) is 5.56 Å². The van der Waals surface area contributed by atoms with E-state index in [4.69, 9.17) is 27.9 Å². The highest BCUT2D eigenvalue weighted by atomic mass is 35.5. The van der Waals surface area contributed by atoms with E-state index < -0.39 is 11.9 Å². The second-order valence-corrected chi connectivity index (χ2v) is 7.34. The summed E-state index contributed by atoms with van der Waals surface area (Å²) in [5.74, 6) is 0.251. The number of rotatable bonds is 4. The minimum atomic E-state index is -0.816. The first-order valence-electron chi connectivity index (χ1n) is 8.74. The largest absolute Gasteiger partial charge is 0.495 e. The van der Waals surface area contributed by atoms with E-state index in [1.807, 2.05) is 12.1 Å². The highest BCUT2D eigenvalue weighted by molar-refractivity contribution is 6.31. The average Bonchev–Trinajstić information content (AvgIpc) is 3.11. The lowest BCUT2D eigenvalue weighted by molar-refractivity contribution is -0.125. The molecule has 0 saturated heterocycles. The molecule has 148 valence electrons. The van der Waals surface area contributed by atoms with Crippen molar-refractivity contribution >= 4 is 46.5 Å². The number of fused-ring (bicyclic) bond motifs is 1. The number of halogens is 2. The van der Waals surface area contributed by atoms with Crippen LogP contribution in [0, 0.1) is 0 Å². The van der Waals surface area contributed by atoms with Crippen molar-refractivity contribution in [2.75, 3.05) is 17.7 Å². The number of anilines is 2. The molecule has 0 fully saturated rings. The number of methoxy groups -OCH3 is 1. The molecule has 2 N–H and O–H groups in total. The zero-order valence-electron chi connectivity index (χ0n) is 15.3. The first kappa shape index (κ1) is 19.3. The SMILES string of the molecule is COc1ccc(Cl)cc1NC(=O)[C@@H]1CC(=O)Nc2cc(-c3ccc(Cl)cc3)nn21. The molecular formula is C20H16Cl2N4O3. The highest BCUT2D eigenvalue weighted by Gasteiger charge is 2.32. The molecule has 3 aromatic rings.